The number of carbonyl (C=O) groups is 1. The minimum Gasteiger partial charge on any atom is -0.447 e. The van der Waals surface area contributed by atoms with E-state index >= 15 is 0 Å². The molecule has 1 aromatic rings. The van der Waals surface area contributed by atoms with Crippen molar-refractivity contribution in [1.29, 1.82) is 0 Å². The molecule has 1 aromatic carbocycles. The summed E-state index contributed by atoms with van der Waals surface area (Å²) < 4.78 is 4.96. The number of rotatable bonds is 3. The number of nitrogens with zero attached hydrogens (tertiary/aromatic N) is 1. The van der Waals surface area contributed by atoms with Gasteiger partial charge in [-0.1, -0.05) is 30.3 Å². The molecule has 1 atom stereocenters. The molecule has 0 bridgehead atoms. The fourth-order valence-electron chi connectivity index (χ4n) is 2.22. The Kier molecular flexibility index (Phi) is 3.98. The third-order valence-electron chi connectivity index (χ3n) is 2.99. The molecule has 0 saturated carbocycles. The average Bonchev–Trinajstić information content (AvgIpc) is 2.86. The molecule has 17 heavy (non-hydrogen) atoms. The molecule has 0 aromatic heterocycles. The Bertz CT molecular complexity index is 366. The molecule has 1 amide bonds. The zero-order valence-corrected chi connectivity index (χ0v) is 9.71. The van der Waals surface area contributed by atoms with Crippen molar-refractivity contribution in [1.82, 2.24) is 4.90 Å². The van der Waals surface area contributed by atoms with Crippen molar-refractivity contribution in [2.45, 2.75) is 18.9 Å². The van der Waals surface area contributed by atoms with Gasteiger partial charge in [0, 0.05) is 6.54 Å². The van der Waals surface area contributed by atoms with E-state index in [-0.39, 0.29) is 25.3 Å². The Morgan fingerprint density at radius 3 is 2.88 bits per heavy atom. The van der Waals surface area contributed by atoms with E-state index < -0.39 is 0 Å². The first-order valence-electron chi connectivity index (χ1n) is 5.92. The molecule has 1 unspecified atom stereocenters. The van der Waals surface area contributed by atoms with Crippen molar-refractivity contribution < 1.29 is 14.6 Å². The van der Waals surface area contributed by atoms with Gasteiger partial charge < -0.3 is 14.7 Å². The van der Waals surface area contributed by atoms with Gasteiger partial charge in [0.2, 0.25) is 0 Å². The normalized spacial score (nSPS) is 19.4. The van der Waals surface area contributed by atoms with Crippen molar-refractivity contribution in [3.63, 3.8) is 0 Å². The van der Waals surface area contributed by atoms with E-state index in [1.807, 2.05) is 30.3 Å². The molecular weight excluding hydrogens is 218 g/mol. The maximum atomic E-state index is 11.8. The molecule has 1 fully saturated rings. The van der Waals surface area contributed by atoms with Crippen molar-refractivity contribution in [2.75, 3.05) is 19.8 Å². The highest BCUT2D eigenvalue weighted by Crippen LogP contribution is 2.31. The van der Waals surface area contributed by atoms with Crippen LogP contribution < -0.4 is 0 Å². The monoisotopic (exact) mass is 235 g/mol. The van der Waals surface area contributed by atoms with Crippen molar-refractivity contribution in [3.8, 4) is 0 Å². The Morgan fingerprint density at radius 1 is 1.41 bits per heavy atom. The number of hydrogen-bond acceptors (Lipinski definition) is 3. The van der Waals surface area contributed by atoms with Crippen LogP contribution in [0.2, 0.25) is 0 Å². The molecule has 0 aliphatic carbocycles. The van der Waals surface area contributed by atoms with Crippen LogP contribution in [0.5, 0.6) is 0 Å². The highest BCUT2D eigenvalue weighted by Gasteiger charge is 2.30. The molecular formula is C13H17NO3. The maximum absolute atomic E-state index is 11.8. The molecule has 1 aliphatic heterocycles. The lowest BCUT2D eigenvalue weighted by atomic mass is 10.1. The zero-order chi connectivity index (χ0) is 12.1. The van der Waals surface area contributed by atoms with Gasteiger partial charge in [-0.15, -0.1) is 0 Å². The predicted octanol–water partition coefficient (Wildman–Crippen LogP) is 1.95. The van der Waals surface area contributed by atoms with Crippen LogP contribution in [0.4, 0.5) is 4.79 Å². The van der Waals surface area contributed by atoms with Gasteiger partial charge >= 0.3 is 6.09 Å². The van der Waals surface area contributed by atoms with E-state index in [0.717, 1.165) is 24.9 Å². The minimum absolute atomic E-state index is 0.0663. The number of aliphatic hydroxyl groups excluding tert-OH is 1. The van der Waals surface area contributed by atoms with Crippen LogP contribution in [0.3, 0.4) is 0 Å². The number of aliphatic hydroxyl groups is 1. The molecule has 1 heterocycles. The summed E-state index contributed by atoms with van der Waals surface area (Å²) in [6.45, 7) is 0.663. The van der Waals surface area contributed by atoms with Crippen molar-refractivity contribution in [2.24, 2.45) is 0 Å². The van der Waals surface area contributed by atoms with Crippen molar-refractivity contribution >= 4 is 6.09 Å². The Balaban J connectivity index is 2.05. The molecule has 0 radical (unpaired) electrons. The third kappa shape index (κ3) is 2.77. The molecule has 1 saturated heterocycles. The van der Waals surface area contributed by atoms with Crippen LogP contribution in [-0.4, -0.2) is 35.9 Å². The first kappa shape index (κ1) is 11.9. The average molecular weight is 235 g/mol. The summed E-state index contributed by atoms with van der Waals surface area (Å²) >= 11 is 0. The van der Waals surface area contributed by atoms with Gasteiger partial charge in [-0.25, -0.2) is 4.79 Å². The van der Waals surface area contributed by atoms with Gasteiger partial charge in [0.05, 0.1) is 12.6 Å². The fourth-order valence-corrected chi connectivity index (χ4v) is 2.22. The van der Waals surface area contributed by atoms with E-state index in [1.54, 1.807) is 4.90 Å². The molecule has 1 N–H and O–H groups in total. The minimum atomic E-state index is -0.328. The number of amides is 1. The summed E-state index contributed by atoms with van der Waals surface area (Å²) in [6, 6.07) is 10.1. The van der Waals surface area contributed by atoms with Crippen LogP contribution in [-0.2, 0) is 4.74 Å². The number of benzene rings is 1. The van der Waals surface area contributed by atoms with Crippen LogP contribution in [0.1, 0.15) is 24.4 Å². The van der Waals surface area contributed by atoms with Crippen LogP contribution in [0, 0.1) is 0 Å². The smallest absolute Gasteiger partial charge is 0.410 e. The SMILES string of the molecule is O=C(OCCO)N1CCCC1c1ccccc1. The van der Waals surface area contributed by atoms with Crippen LogP contribution in [0.15, 0.2) is 30.3 Å². The first-order chi connectivity index (χ1) is 8.33. The summed E-state index contributed by atoms with van der Waals surface area (Å²) in [5, 5.41) is 8.65. The molecule has 4 heteroatoms. The number of carbonyl (C=O) groups excluding carboxylic acids is 1. The van der Waals surface area contributed by atoms with Crippen LogP contribution in [0.25, 0.3) is 0 Å². The maximum Gasteiger partial charge on any atom is 0.410 e. The summed E-state index contributed by atoms with van der Waals surface area (Å²) in [7, 11) is 0. The molecule has 0 spiro atoms. The van der Waals surface area contributed by atoms with Gasteiger partial charge in [0.1, 0.15) is 6.61 Å². The highest BCUT2D eigenvalue weighted by atomic mass is 16.6. The predicted molar refractivity (Wildman–Crippen MR) is 63.6 cm³/mol. The summed E-state index contributed by atoms with van der Waals surface area (Å²) in [4.78, 5) is 13.5. The lowest BCUT2D eigenvalue weighted by molar-refractivity contribution is 0.0807. The van der Waals surface area contributed by atoms with E-state index in [9.17, 15) is 4.79 Å². The largest absolute Gasteiger partial charge is 0.447 e. The van der Waals surface area contributed by atoms with Gasteiger partial charge in [-0.2, -0.15) is 0 Å². The first-order valence-corrected chi connectivity index (χ1v) is 5.92. The Hall–Kier alpha value is -1.55. The van der Waals surface area contributed by atoms with Gasteiger partial charge in [-0.05, 0) is 18.4 Å². The van der Waals surface area contributed by atoms with Crippen molar-refractivity contribution in [3.05, 3.63) is 35.9 Å². The second-order valence-electron chi connectivity index (χ2n) is 4.10. The second-order valence-corrected chi connectivity index (χ2v) is 4.10. The standard InChI is InChI=1S/C13H17NO3/c15-9-10-17-13(16)14-8-4-7-12(14)11-5-2-1-3-6-11/h1-3,5-6,12,15H,4,7-10H2. The molecule has 1 aliphatic rings. The van der Waals surface area contributed by atoms with E-state index in [4.69, 9.17) is 9.84 Å². The lowest BCUT2D eigenvalue weighted by Gasteiger charge is -2.24. The third-order valence-corrected chi connectivity index (χ3v) is 2.99. The van der Waals surface area contributed by atoms with E-state index in [0.29, 0.717) is 0 Å². The summed E-state index contributed by atoms with van der Waals surface area (Å²) in [6.07, 6.45) is 1.64. The molecule has 2 rings (SSSR count). The Morgan fingerprint density at radius 2 is 2.18 bits per heavy atom. The topological polar surface area (TPSA) is 49.8 Å². The quantitative estimate of drug-likeness (QED) is 0.871. The van der Waals surface area contributed by atoms with Gasteiger partial charge in [0.15, 0.2) is 0 Å². The summed E-state index contributed by atoms with van der Waals surface area (Å²) in [5.74, 6) is 0. The summed E-state index contributed by atoms with van der Waals surface area (Å²) in [5.41, 5.74) is 1.14. The molecule has 4 nitrogen and oxygen atoms in total. The second kappa shape index (κ2) is 5.68. The number of ether oxygens (including phenoxy) is 1. The lowest BCUT2D eigenvalue weighted by Crippen LogP contribution is -2.31. The Labute approximate surface area is 101 Å². The van der Waals surface area contributed by atoms with Gasteiger partial charge in [0.25, 0.3) is 0 Å². The number of likely N-dealkylation sites (tertiary alicyclic amines) is 1. The van der Waals surface area contributed by atoms with E-state index in [1.165, 1.54) is 0 Å². The fraction of sp³-hybridized carbons (Fsp3) is 0.462. The number of hydrogen-bond donors (Lipinski definition) is 1. The zero-order valence-electron chi connectivity index (χ0n) is 9.71. The molecule has 92 valence electrons. The van der Waals surface area contributed by atoms with Gasteiger partial charge in [-0.3, -0.25) is 0 Å². The van der Waals surface area contributed by atoms with E-state index in [2.05, 4.69) is 0 Å². The highest BCUT2D eigenvalue weighted by molar-refractivity contribution is 5.68. The van der Waals surface area contributed by atoms with Crippen LogP contribution >= 0.6 is 0 Å².